The number of phenolic OH excluding ortho intramolecular Hbond substituents is 1. The van der Waals surface area contributed by atoms with E-state index in [2.05, 4.69) is 0 Å². The largest absolute Gasteiger partial charge is 1.00 e. The monoisotopic (exact) mass is 320 g/mol. The van der Waals surface area contributed by atoms with Crippen LogP contribution in [0.3, 0.4) is 0 Å². The normalized spacial score (nSPS) is 8.18. The number of rotatable bonds is 2. The third kappa shape index (κ3) is 9.09. The van der Waals surface area contributed by atoms with Gasteiger partial charge in [0, 0.05) is 0 Å². The number of phenols is 1. The van der Waals surface area contributed by atoms with Crippen molar-refractivity contribution in [1.82, 2.24) is 0 Å². The molecule has 104 valence electrons. The van der Waals surface area contributed by atoms with Gasteiger partial charge in [0.15, 0.2) is 11.5 Å². The van der Waals surface area contributed by atoms with Crippen LogP contribution in [0.15, 0.2) is 54.6 Å². The minimum atomic E-state index is -2.33. The second kappa shape index (κ2) is 12.5. The van der Waals surface area contributed by atoms with Gasteiger partial charge in [-0.05, 0) is 30.4 Å². The zero-order valence-electron chi connectivity index (χ0n) is 12.2. The van der Waals surface area contributed by atoms with Gasteiger partial charge in [0.05, 0.1) is 5.56 Å². The second-order valence-corrected chi connectivity index (χ2v) is 3.47. The van der Waals surface area contributed by atoms with Crippen LogP contribution in [0, 0.1) is 0 Å². The maximum atomic E-state index is 11.6. The van der Waals surface area contributed by atoms with Gasteiger partial charge in [-0.3, -0.25) is 0 Å². The summed E-state index contributed by atoms with van der Waals surface area (Å²) in [4.78, 5) is 20.0. The maximum absolute atomic E-state index is 11.6. The Bertz CT molecular complexity index is 585. The number of aromatic hydroxyl groups is 1. The van der Waals surface area contributed by atoms with Crippen molar-refractivity contribution in [3.8, 4) is 11.5 Å². The summed E-state index contributed by atoms with van der Waals surface area (Å²) in [6.07, 6.45) is -2.33. The van der Waals surface area contributed by atoms with Crippen molar-refractivity contribution in [3.63, 3.8) is 0 Å². The molecule has 0 fully saturated rings. The standard InChI is InChI=1S/C13H10O3.CH2O3.2Na/c14-11-8-4-5-9-12(11)16-13(15)10-6-2-1-3-7-10;2-1(3)4;;/h1-9,14H;(H2,2,3,4);;/q;;2*+1/p-2. The predicted molar refractivity (Wildman–Crippen MR) is 64.9 cm³/mol. The van der Waals surface area contributed by atoms with Crippen LogP contribution in [0.2, 0.25) is 0 Å². The zero-order valence-corrected chi connectivity index (χ0v) is 16.2. The first kappa shape index (κ1) is 23.2. The Labute approximate surface area is 171 Å². The van der Waals surface area contributed by atoms with E-state index in [0.29, 0.717) is 5.56 Å². The van der Waals surface area contributed by atoms with E-state index in [1.54, 1.807) is 36.4 Å². The molecule has 0 spiro atoms. The van der Waals surface area contributed by atoms with E-state index in [-0.39, 0.29) is 70.6 Å². The Kier molecular flexibility index (Phi) is 13.2. The summed E-state index contributed by atoms with van der Waals surface area (Å²) in [6, 6.07) is 15.0. The minimum Gasteiger partial charge on any atom is -0.652 e. The molecule has 2 rings (SSSR count). The first-order valence-electron chi connectivity index (χ1n) is 5.44. The van der Waals surface area contributed by atoms with E-state index in [9.17, 15) is 9.90 Å². The average Bonchev–Trinajstić information content (AvgIpc) is 2.42. The van der Waals surface area contributed by atoms with Crippen LogP contribution in [-0.4, -0.2) is 17.2 Å². The molecule has 0 heterocycles. The van der Waals surface area contributed by atoms with Crippen LogP contribution in [0.4, 0.5) is 4.79 Å². The van der Waals surface area contributed by atoms with Gasteiger partial charge in [-0.25, -0.2) is 4.79 Å². The number of hydrogen-bond donors (Lipinski definition) is 1. The first-order chi connectivity index (χ1) is 9.50. The van der Waals surface area contributed by atoms with E-state index >= 15 is 0 Å². The van der Waals surface area contributed by atoms with Crippen LogP contribution < -0.4 is 74.1 Å². The topological polar surface area (TPSA) is 110 Å². The number of ether oxygens (including phenoxy) is 1. The summed E-state index contributed by atoms with van der Waals surface area (Å²) in [7, 11) is 0. The van der Waals surface area contributed by atoms with E-state index in [1.807, 2.05) is 6.07 Å². The number of esters is 1. The summed E-state index contributed by atoms with van der Waals surface area (Å²) < 4.78 is 5.04. The molecule has 2 aromatic rings. The third-order valence-corrected chi connectivity index (χ3v) is 2.08. The van der Waals surface area contributed by atoms with Crippen molar-refractivity contribution in [2.75, 3.05) is 0 Å². The van der Waals surface area contributed by atoms with Crippen LogP contribution in [0.25, 0.3) is 0 Å². The molecule has 1 N–H and O–H groups in total. The Hall–Kier alpha value is -1.02. The summed E-state index contributed by atoms with van der Waals surface area (Å²) >= 11 is 0. The van der Waals surface area contributed by atoms with E-state index in [1.165, 1.54) is 12.1 Å². The molecule has 8 heteroatoms. The van der Waals surface area contributed by atoms with Gasteiger partial charge in [0.25, 0.3) is 0 Å². The number of para-hydroxylation sites is 2. The molecule has 0 unspecified atom stereocenters. The molecule has 0 amide bonds. The predicted octanol–water partition coefficient (Wildman–Crippen LogP) is -5.83. The summed E-state index contributed by atoms with van der Waals surface area (Å²) in [5.74, 6) is -0.370. The number of benzene rings is 2. The number of carboxylic acid groups (broad SMARTS) is 2. The molecule has 0 aliphatic carbocycles. The van der Waals surface area contributed by atoms with Crippen molar-refractivity contribution in [3.05, 3.63) is 60.2 Å². The maximum Gasteiger partial charge on any atom is 1.00 e. The zero-order chi connectivity index (χ0) is 15.0. The molecule has 6 nitrogen and oxygen atoms in total. The first-order valence-corrected chi connectivity index (χ1v) is 5.44. The number of carbonyl (C=O) groups excluding carboxylic acids is 2. The molecular weight excluding hydrogens is 310 g/mol. The number of hydrogen-bond acceptors (Lipinski definition) is 6. The smallest absolute Gasteiger partial charge is 0.652 e. The van der Waals surface area contributed by atoms with Crippen LogP contribution in [0.5, 0.6) is 11.5 Å². The fourth-order valence-electron chi connectivity index (χ4n) is 1.28. The molecule has 0 aliphatic rings. The van der Waals surface area contributed by atoms with Gasteiger partial charge in [0.1, 0.15) is 0 Å². The molecule has 0 radical (unpaired) electrons. The van der Waals surface area contributed by atoms with Crippen molar-refractivity contribution in [1.29, 1.82) is 0 Å². The van der Waals surface area contributed by atoms with Crippen LogP contribution in [0.1, 0.15) is 10.4 Å². The average molecular weight is 320 g/mol. The Morgan fingerprint density at radius 2 is 1.32 bits per heavy atom. The fourth-order valence-corrected chi connectivity index (χ4v) is 1.28. The Morgan fingerprint density at radius 1 is 0.864 bits per heavy atom. The van der Waals surface area contributed by atoms with Gasteiger partial charge < -0.3 is 24.9 Å². The van der Waals surface area contributed by atoms with Crippen molar-refractivity contribution >= 4 is 12.1 Å². The SMILES string of the molecule is O=C(Oc1ccccc1O)c1ccccc1.O=C([O-])[O-].[Na+].[Na+]. The van der Waals surface area contributed by atoms with Crippen LogP contribution in [-0.2, 0) is 0 Å². The molecule has 0 saturated carbocycles. The van der Waals surface area contributed by atoms with Gasteiger partial charge in [-0.2, -0.15) is 0 Å². The number of carbonyl (C=O) groups is 2. The quantitative estimate of drug-likeness (QED) is 0.335. The van der Waals surface area contributed by atoms with E-state index in [0.717, 1.165) is 0 Å². The van der Waals surface area contributed by atoms with Crippen molar-refractivity contribution in [2.24, 2.45) is 0 Å². The fraction of sp³-hybridized carbons (Fsp3) is 0. The van der Waals surface area contributed by atoms with Gasteiger partial charge in [-0.1, -0.05) is 30.3 Å². The van der Waals surface area contributed by atoms with Crippen LogP contribution >= 0.6 is 0 Å². The Morgan fingerprint density at radius 3 is 1.82 bits per heavy atom. The van der Waals surface area contributed by atoms with Gasteiger partial charge >= 0.3 is 65.1 Å². The third-order valence-electron chi connectivity index (χ3n) is 2.08. The molecule has 0 aromatic heterocycles. The molecule has 2 aromatic carbocycles. The van der Waals surface area contributed by atoms with Gasteiger partial charge in [0.2, 0.25) is 0 Å². The van der Waals surface area contributed by atoms with Gasteiger partial charge in [-0.15, -0.1) is 0 Å². The molecule has 0 aliphatic heterocycles. The minimum absolute atomic E-state index is 0. The molecule has 22 heavy (non-hydrogen) atoms. The summed E-state index contributed by atoms with van der Waals surface area (Å²) in [6.45, 7) is 0. The molecule has 0 atom stereocenters. The molecular formula is C14H10Na2O6. The summed E-state index contributed by atoms with van der Waals surface area (Å²) in [5.41, 5.74) is 0.450. The second-order valence-electron chi connectivity index (χ2n) is 3.47. The van der Waals surface area contributed by atoms with E-state index in [4.69, 9.17) is 19.7 Å². The van der Waals surface area contributed by atoms with Crippen molar-refractivity contribution < 1.29 is 88.8 Å². The summed E-state index contributed by atoms with van der Waals surface area (Å²) in [5, 5.41) is 26.1. The van der Waals surface area contributed by atoms with Crippen molar-refractivity contribution in [2.45, 2.75) is 0 Å². The Balaban J connectivity index is 0. The molecule has 0 saturated heterocycles. The molecule has 0 bridgehead atoms. The van der Waals surface area contributed by atoms with E-state index < -0.39 is 12.1 Å².